The molecular formula is C13H9Br3OS. The van der Waals surface area contributed by atoms with Crippen molar-refractivity contribution in [2.75, 3.05) is 0 Å². The number of hydrogen-bond acceptors (Lipinski definition) is 2. The normalized spacial score (nSPS) is 10.7. The molecule has 2 aromatic rings. The molecule has 0 aliphatic heterocycles. The van der Waals surface area contributed by atoms with Crippen molar-refractivity contribution in [2.45, 2.75) is 13.8 Å². The number of aryl methyl sites for hydroxylation is 2. The maximum absolute atomic E-state index is 12.5. The minimum atomic E-state index is 0.0527. The second-order valence-corrected chi connectivity index (χ2v) is 8.59. The van der Waals surface area contributed by atoms with Crippen LogP contribution in [0.4, 0.5) is 0 Å². The molecule has 2 rings (SSSR count). The van der Waals surface area contributed by atoms with E-state index in [9.17, 15) is 4.79 Å². The Morgan fingerprint density at radius 1 is 1.00 bits per heavy atom. The second-order valence-electron chi connectivity index (χ2n) is 3.98. The fraction of sp³-hybridized carbons (Fsp3) is 0.154. The Hall–Kier alpha value is 0.0300. The standard InChI is InChI=1S/C13H9Br3OS/c1-6-4-10(14)7(2)3-8(6)12(17)9-5-11(15)18-13(9)16/h3-5H,1-2H3. The van der Waals surface area contributed by atoms with E-state index in [-0.39, 0.29) is 5.78 Å². The van der Waals surface area contributed by atoms with Gasteiger partial charge in [-0.1, -0.05) is 15.9 Å². The van der Waals surface area contributed by atoms with Crippen molar-refractivity contribution in [3.63, 3.8) is 0 Å². The van der Waals surface area contributed by atoms with E-state index in [1.807, 2.05) is 32.0 Å². The van der Waals surface area contributed by atoms with Crippen LogP contribution < -0.4 is 0 Å². The molecule has 0 saturated heterocycles. The highest BCUT2D eigenvalue weighted by molar-refractivity contribution is 9.12. The summed E-state index contributed by atoms with van der Waals surface area (Å²) in [5.41, 5.74) is 3.50. The Labute approximate surface area is 135 Å². The molecule has 0 atom stereocenters. The topological polar surface area (TPSA) is 17.1 Å². The second kappa shape index (κ2) is 5.57. The smallest absolute Gasteiger partial charge is 0.195 e. The molecule has 0 saturated carbocycles. The Bertz CT molecular complexity index is 631. The Balaban J connectivity index is 2.53. The van der Waals surface area contributed by atoms with Crippen molar-refractivity contribution in [1.82, 2.24) is 0 Å². The molecule has 0 N–H and O–H groups in total. The zero-order valence-electron chi connectivity index (χ0n) is 9.68. The molecule has 0 fully saturated rings. The largest absolute Gasteiger partial charge is 0.289 e. The van der Waals surface area contributed by atoms with E-state index in [2.05, 4.69) is 47.8 Å². The Morgan fingerprint density at radius 3 is 2.22 bits per heavy atom. The van der Waals surface area contributed by atoms with E-state index in [0.29, 0.717) is 5.56 Å². The number of halogens is 3. The third kappa shape index (κ3) is 2.79. The molecule has 18 heavy (non-hydrogen) atoms. The average Bonchev–Trinajstić information content (AvgIpc) is 2.62. The van der Waals surface area contributed by atoms with Gasteiger partial charge in [0.1, 0.15) is 0 Å². The summed E-state index contributed by atoms with van der Waals surface area (Å²) >= 11 is 11.8. The number of ketones is 1. The lowest BCUT2D eigenvalue weighted by Gasteiger charge is -2.07. The van der Waals surface area contributed by atoms with Crippen LogP contribution in [0.15, 0.2) is 30.2 Å². The van der Waals surface area contributed by atoms with Gasteiger partial charge in [0.05, 0.1) is 7.57 Å². The maximum atomic E-state index is 12.5. The summed E-state index contributed by atoms with van der Waals surface area (Å²) in [6.45, 7) is 3.94. The van der Waals surface area contributed by atoms with E-state index in [1.54, 1.807) is 0 Å². The van der Waals surface area contributed by atoms with Gasteiger partial charge in [0.15, 0.2) is 5.78 Å². The van der Waals surface area contributed by atoms with Gasteiger partial charge in [0.25, 0.3) is 0 Å². The van der Waals surface area contributed by atoms with Crippen LogP contribution in [0.25, 0.3) is 0 Å². The van der Waals surface area contributed by atoms with E-state index in [4.69, 9.17) is 0 Å². The van der Waals surface area contributed by atoms with Gasteiger partial charge in [-0.05, 0) is 75.0 Å². The van der Waals surface area contributed by atoms with Crippen LogP contribution in [0.1, 0.15) is 27.0 Å². The Morgan fingerprint density at radius 2 is 1.67 bits per heavy atom. The van der Waals surface area contributed by atoms with Gasteiger partial charge in [0.2, 0.25) is 0 Å². The fourth-order valence-electron chi connectivity index (χ4n) is 1.67. The zero-order valence-corrected chi connectivity index (χ0v) is 15.3. The number of carbonyl (C=O) groups excluding carboxylic acids is 1. The first-order valence-electron chi connectivity index (χ1n) is 5.16. The van der Waals surface area contributed by atoms with Crippen LogP contribution in [0, 0.1) is 13.8 Å². The van der Waals surface area contributed by atoms with Gasteiger partial charge in [-0.25, -0.2) is 0 Å². The van der Waals surface area contributed by atoms with Crippen LogP contribution in [0.3, 0.4) is 0 Å². The molecule has 0 unspecified atom stereocenters. The van der Waals surface area contributed by atoms with Crippen molar-refractivity contribution in [3.05, 3.63) is 52.5 Å². The summed E-state index contributed by atoms with van der Waals surface area (Å²) in [6, 6.07) is 5.77. The van der Waals surface area contributed by atoms with E-state index in [1.165, 1.54) is 11.3 Å². The number of benzene rings is 1. The summed E-state index contributed by atoms with van der Waals surface area (Å²) < 4.78 is 2.84. The first-order chi connectivity index (χ1) is 8.40. The van der Waals surface area contributed by atoms with E-state index < -0.39 is 0 Å². The molecule has 1 aromatic carbocycles. The molecule has 0 aliphatic rings. The van der Waals surface area contributed by atoms with Crippen LogP contribution in [-0.4, -0.2) is 5.78 Å². The van der Waals surface area contributed by atoms with E-state index >= 15 is 0 Å². The zero-order chi connectivity index (χ0) is 13.4. The van der Waals surface area contributed by atoms with Gasteiger partial charge in [-0.3, -0.25) is 4.79 Å². The summed E-state index contributed by atoms with van der Waals surface area (Å²) in [5, 5.41) is 0. The molecular weight excluding hydrogens is 444 g/mol. The third-order valence-corrected chi connectivity index (χ3v) is 5.85. The molecule has 0 spiro atoms. The minimum Gasteiger partial charge on any atom is -0.289 e. The SMILES string of the molecule is Cc1cc(C(=O)c2cc(Br)sc2Br)c(C)cc1Br. The summed E-state index contributed by atoms with van der Waals surface area (Å²) in [5.74, 6) is 0.0527. The molecule has 0 bridgehead atoms. The van der Waals surface area contributed by atoms with Crippen LogP contribution >= 0.6 is 59.1 Å². The minimum absolute atomic E-state index is 0.0527. The highest BCUT2D eigenvalue weighted by Crippen LogP contribution is 2.34. The lowest BCUT2D eigenvalue weighted by atomic mass is 9.99. The summed E-state index contributed by atoms with van der Waals surface area (Å²) in [6.07, 6.45) is 0. The fourth-order valence-corrected chi connectivity index (χ4v) is 4.92. The highest BCUT2D eigenvalue weighted by Gasteiger charge is 2.18. The molecule has 5 heteroatoms. The maximum Gasteiger partial charge on any atom is 0.195 e. The van der Waals surface area contributed by atoms with Crippen molar-refractivity contribution >= 4 is 64.9 Å². The number of rotatable bonds is 2. The summed E-state index contributed by atoms with van der Waals surface area (Å²) in [7, 11) is 0. The van der Waals surface area contributed by atoms with Crippen molar-refractivity contribution in [1.29, 1.82) is 0 Å². The van der Waals surface area contributed by atoms with Crippen molar-refractivity contribution < 1.29 is 4.79 Å². The molecule has 94 valence electrons. The van der Waals surface area contributed by atoms with Gasteiger partial charge in [0, 0.05) is 15.6 Å². The van der Waals surface area contributed by atoms with Crippen molar-refractivity contribution in [2.24, 2.45) is 0 Å². The predicted molar refractivity (Wildman–Crippen MR) is 86.8 cm³/mol. The molecule has 1 heterocycles. The lowest BCUT2D eigenvalue weighted by Crippen LogP contribution is -2.04. The Kier molecular flexibility index (Phi) is 4.47. The van der Waals surface area contributed by atoms with Gasteiger partial charge in [-0.2, -0.15) is 0 Å². The monoisotopic (exact) mass is 450 g/mol. The molecule has 0 amide bonds. The molecule has 1 nitrogen and oxygen atoms in total. The van der Waals surface area contributed by atoms with Gasteiger partial charge >= 0.3 is 0 Å². The highest BCUT2D eigenvalue weighted by atomic mass is 79.9. The van der Waals surface area contributed by atoms with Gasteiger partial charge in [-0.15, -0.1) is 11.3 Å². The first-order valence-corrected chi connectivity index (χ1v) is 8.36. The van der Waals surface area contributed by atoms with Gasteiger partial charge < -0.3 is 0 Å². The third-order valence-electron chi connectivity index (χ3n) is 2.65. The molecule has 1 aromatic heterocycles. The quantitative estimate of drug-likeness (QED) is 0.520. The number of carbonyl (C=O) groups is 1. The number of thiophene rings is 1. The molecule has 0 aliphatic carbocycles. The van der Waals surface area contributed by atoms with E-state index in [0.717, 1.165) is 28.7 Å². The molecule has 0 radical (unpaired) electrons. The number of hydrogen-bond donors (Lipinski definition) is 0. The predicted octanol–water partition coefficient (Wildman–Crippen LogP) is 5.88. The van der Waals surface area contributed by atoms with Crippen LogP contribution in [0.5, 0.6) is 0 Å². The van der Waals surface area contributed by atoms with Crippen molar-refractivity contribution in [3.8, 4) is 0 Å². The first kappa shape index (κ1) is 14.4. The van der Waals surface area contributed by atoms with Crippen LogP contribution in [0.2, 0.25) is 0 Å². The lowest BCUT2D eigenvalue weighted by molar-refractivity contribution is 0.103. The van der Waals surface area contributed by atoms with Crippen LogP contribution in [-0.2, 0) is 0 Å². The summed E-state index contributed by atoms with van der Waals surface area (Å²) in [4.78, 5) is 12.5. The average molecular weight is 453 g/mol.